The Hall–Kier alpha value is -2.57. The van der Waals surface area contributed by atoms with Gasteiger partial charge in [-0.1, -0.05) is 29.8 Å². The summed E-state index contributed by atoms with van der Waals surface area (Å²) in [5.74, 6) is -0.883. The zero-order chi connectivity index (χ0) is 17.5. The second kappa shape index (κ2) is 8.33. The lowest BCUT2D eigenvalue weighted by molar-refractivity contribution is -0.137. The van der Waals surface area contributed by atoms with Gasteiger partial charge in [0.25, 0.3) is 0 Å². The Labute approximate surface area is 141 Å². The van der Waals surface area contributed by atoms with Gasteiger partial charge in [0.1, 0.15) is 0 Å². The number of carboxylic acid groups (broad SMARTS) is 1. The first-order chi connectivity index (χ1) is 11.5. The van der Waals surface area contributed by atoms with E-state index in [1.54, 1.807) is 9.80 Å². The van der Waals surface area contributed by atoms with Crippen LogP contribution in [0.15, 0.2) is 24.3 Å². The van der Waals surface area contributed by atoms with Crippen molar-refractivity contribution in [2.75, 3.05) is 32.7 Å². The monoisotopic (exact) mass is 333 g/mol. The molecule has 130 valence electrons. The predicted molar refractivity (Wildman–Crippen MR) is 88.7 cm³/mol. The lowest BCUT2D eigenvalue weighted by Gasteiger charge is -2.34. The normalized spacial score (nSPS) is 14.4. The zero-order valence-electron chi connectivity index (χ0n) is 13.8. The molecule has 0 spiro atoms. The van der Waals surface area contributed by atoms with Crippen LogP contribution in [0.4, 0.5) is 4.79 Å². The third-order valence-electron chi connectivity index (χ3n) is 4.01. The molecular formula is C17H23N3O4. The fourth-order valence-electron chi connectivity index (χ4n) is 2.54. The van der Waals surface area contributed by atoms with E-state index < -0.39 is 5.97 Å². The molecule has 7 nitrogen and oxygen atoms in total. The minimum atomic E-state index is -0.943. The average Bonchev–Trinajstić information content (AvgIpc) is 2.56. The van der Waals surface area contributed by atoms with E-state index in [2.05, 4.69) is 5.32 Å². The predicted octanol–water partition coefficient (Wildman–Crippen LogP) is 0.866. The van der Waals surface area contributed by atoms with Crippen LogP contribution in [0.25, 0.3) is 0 Å². The van der Waals surface area contributed by atoms with Gasteiger partial charge in [-0.2, -0.15) is 0 Å². The Morgan fingerprint density at radius 1 is 1.04 bits per heavy atom. The largest absolute Gasteiger partial charge is 0.481 e. The number of nitrogens with one attached hydrogen (secondary N) is 1. The molecule has 0 radical (unpaired) electrons. The van der Waals surface area contributed by atoms with Crippen LogP contribution in [0.5, 0.6) is 0 Å². The lowest BCUT2D eigenvalue weighted by Crippen LogP contribution is -2.53. The molecule has 0 unspecified atom stereocenters. The second-order valence-corrected chi connectivity index (χ2v) is 5.91. The molecular weight excluding hydrogens is 310 g/mol. The number of aryl methyl sites for hydroxylation is 1. The molecule has 0 bridgehead atoms. The molecule has 7 heteroatoms. The number of carboxylic acids is 1. The van der Waals surface area contributed by atoms with Crippen molar-refractivity contribution in [2.24, 2.45) is 0 Å². The van der Waals surface area contributed by atoms with Gasteiger partial charge in [-0.15, -0.1) is 0 Å². The second-order valence-electron chi connectivity index (χ2n) is 5.91. The molecule has 2 N–H and O–H groups in total. The Kier molecular flexibility index (Phi) is 6.17. The third-order valence-corrected chi connectivity index (χ3v) is 4.01. The summed E-state index contributed by atoms with van der Waals surface area (Å²) in [5.41, 5.74) is 2.15. The summed E-state index contributed by atoms with van der Waals surface area (Å²) in [7, 11) is 0. The van der Waals surface area contributed by atoms with Crippen molar-refractivity contribution in [2.45, 2.75) is 19.8 Å². The minimum Gasteiger partial charge on any atom is -0.481 e. The van der Waals surface area contributed by atoms with Crippen molar-refractivity contribution in [3.05, 3.63) is 35.4 Å². The molecule has 1 aliphatic heterocycles. The molecule has 0 atom stereocenters. The Bertz CT molecular complexity index is 592. The van der Waals surface area contributed by atoms with Gasteiger partial charge in [-0.25, -0.2) is 4.79 Å². The molecule has 1 aromatic carbocycles. The highest BCUT2D eigenvalue weighted by atomic mass is 16.4. The van der Waals surface area contributed by atoms with Gasteiger partial charge in [0, 0.05) is 32.7 Å². The number of nitrogens with zero attached hydrogens (tertiary/aromatic N) is 2. The number of hydrogen-bond acceptors (Lipinski definition) is 3. The Balaban J connectivity index is 1.75. The van der Waals surface area contributed by atoms with Crippen LogP contribution < -0.4 is 5.32 Å². The van der Waals surface area contributed by atoms with Gasteiger partial charge in [0.15, 0.2) is 0 Å². The van der Waals surface area contributed by atoms with Crippen molar-refractivity contribution in [1.82, 2.24) is 15.1 Å². The quantitative estimate of drug-likeness (QED) is 0.836. The molecule has 1 fully saturated rings. The fourth-order valence-corrected chi connectivity index (χ4v) is 2.54. The van der Waals surface area contributed by atoms with Gasteiger partial charge < -0.3 is 20.2 Å². The molecule has 24 heavy (non-hydrogen) atoms. The van der Waals surface area contributed by atoms with Crippen LogP contribution in [0.2, 0.25) is 0 Å². The summed E-state index contributed by atoms with van der Waals surface area (Å²) < 4.78 is 0. The zero-order valence-corrected chi connectivity index (χ0v) is 13.8. The highest BCUT2D eigenvalue weighted by Crippen LogP contribution is 2.08. The smallest absolute Gasteiger partial charge is 0.317 e. The molecule has 3 amide bonds. The van der Waals surface area contributed by atoms with Crippen molar-refractivity contribution >= 4 is 17.9 Å². The van der Waals surface area contributed by atoms with E-state index in [1.807, 2.05) is 31.2 Å². The summed E-state index contributed by atoms with van der Waals surface area (Å²) in [4.78, 5) is 38.0. The van der Waals surface area contributed by atoms with Gasteiger partial charge in [-0.05, 0) is 12.5 Å². The highest BCUT2D eigenvalue weighted by Gasteiger charge is 2.23. The van der Waals surface area contributed by atoms with Crippen LogP contribution in [0, 0.1) is 6.92 Å². The van der Waals surface area contributed by atoms with Crippen molar-refractivity contribution in [1.29, 1.82) is 0 Å². The number of rotatable bonds is 5. The minimum absolute atomic E-state index is 0.0600. The summed E-state index contributed by atoms with van der Waals surface area (Å²) >= 11 is 0. The maximum Gasteiger partial charge on any atom is 0.317 e. The number of urea groups is 1. The Morgan fingerprint density at radius 3 is 2.21 bits per heavy atom. The van der Waals surface area contributed by atoms with Crippen molar-refractivity contribution < 1.29 is 19.5 Å². The van der Waals surface area contributed by atoms with Crippen LogP contribution in [-0.4, -0.2) is 65.5 Å². The number of amides is 3. The summed E-state index contributed by atoms with van der Waals surface area (Å²) in [6.07, 6.45) is 0.270. The first-order valence-corrected chi connectivity index (χ1v) is 8.03. The third kappa shape index (κ3) is 5.26. The van der Waals surface area contributed by atoms with Crippen LogP contribution in [0.1, 0.15) is 17.5 Å². The van der Waals surface area contributed by atoms with E-state index in [-0.39, 0.29) is 24.9 Å². The average molecular weight is 333 g/mol. The van der Waals surface area contributed by atoms with Crippen LogP contribution in [-0.2, 0) is 16.0 Å². The van der Waals surface area contributed by atoms with Crippen LogP contribution >= 0.6 is 0 Å². The molecule has 2 rings (SSSR count). The number of aliphatic carboxylic acids is 1. The molecule has 1 saturated heterocycles. The van der Waals surface area contributed by atoms with Gasteiger partial charge in [-0.3, -0.25) is 9.59 Å². The molecule has 0 aliphatic carbocycles. The van der Waals surface area contributed by atoms with Crippen molar-refractivity contribution in [3.63, 3.8) is 0 Å². The van der Waals surface area contributed by atoms with Gasteiger partial charge >= 0.3 is 12.0 Å². The lowest BCUT2D eigenvalue weighted by atomic mass is 10.1. The summed E-state index contributed by atoms with van der Waals surface area (Å²) in [6.45, 7) is 4.03. The van der Waals surface area contributed by atoms with Gasteiger partial charge in [0.05, 0.1) is 12.8 Å². The summed E-state index contributed by atoms with van der Waals surface area (Å²) in [5, 5.41) is 11.1. The number of benzene rings is 1. The molecule has 1 aromatic rings. The number of carbonyl (C=O) groups excluding carboxylic acids is 2. The van der Waals surface area contributed by atoms with E-state index >= 15 is 0 Å². The maximum absolute atomic E-state index is 12.3. The summed E-state index contributed by atoms with van der Waals surface area (Å²) in [6, 6.07) is 7.62. The maximum atomic E-state index is 12.3. The molecule has 0 saturated carbocycles. The van der Waals surface area contributed by atoms with Crippen molar-refractivity contribution in [3.8, 4) is 0 Å². The first kappa shape index (κ1) is 17.8. The first-order valence-electron chi connectivity index (χ1n) is 8.03. The van der Waals surface area contributed by atoms with E-state index in [9.17, 15) is 14.4 Å². The molecule has 1 aliphatic rings. The van der Waals surface area contributed by atoms with E-state index in [0.29, 0.717) is 32.6 Å². The van der Waals surface area contributed by atoms with E-state index in [0.717, 1.165) is 11.1 Å². The van der Waals surface area contributed by atoms with E-state index in [1.165, 1.54) is 0 Å². The Morgan fingerprint density at radius 2 is 1.62 bits per heavy atom. The number of carbonyl (C=O) groups is 3. The highest BCUT2D eigenvalue weighted by molar-refractivity contribution is 5.79. The molecule has 1 heterocycles. The van der Waals surface area contributed by atoms with Gasteiger partial charge in [0.2, 0.25) is 5.91 Å². The standard InChI is InChI=1S/C17H23N3O4/c1-13-2-4-14(5-3-13)12-15(21)19-8-10-20(11-9-19)17(24)18-7-6-16(22)23/h2-5H,6-12H2,1H3,(H,18,24)(H,22,23). The number of hydrogen-bond donors (Lipinski definition) is 2. The van der Waals surface area contributed by atoms with E-state index in [4.69, 9.17) is 5.11 Å². The van der Waals surface area contributed by atoms with Crippen LogP contribution in [0.3, 0.4) is 0 Å². The fraction of sp³-hybridized carbons (Fsp3) is 0.471. The topological polar surface area (TPSA) is 90.0 Å². The number of piperazine rings is 1. The molecule has 0 aromatic heterocycles. The SMILES string of the molecule is Cc1ccc(CC(=O)N2CCN(C(=O)NCCC(=O)O)CC2)cc1.